The van der Waals surface area contributed by atoms with E-state index >= 15 is 0 Å². The maximum atomic E-state index is 6.01. The minimum Gasteiger partial charge on any atom is -0.398 e. The second kappa shape index (κ2) is 4.08. The molecular weight excluding hydrogens is 230 g/mol. The van der Waals surface area contributed by atoms with E-state index in [0.717, 1.165) is 11.3 Å². The summed E-state index contributed by atoms with van der Waals surface area (Å²) in [7, 11) is 0. The highest BCUT2D eigenvalue weighted by molar-refractivity contribution is 6.31. The fourth-order valence-corrected chi connectivity index (χ4v) is 2.72. The molecule has 1 aliphatic rings. The molecule has 17 heavy (non-hydrogen) atoms. The molecule has 0 aliphatic heterocycles. The predicted molar refractivity (Wildman–Crippen MR) is 73.3 cm³/mol. The minimum absolute atomic E-state index is 0.687. The molecule has 0 saturated carbocycles. The zero-order chi connectivity index (χ0) is 11.8. The van der Waals surface area contributed by atoms with Gasteiger partial charge in [-0.1, -0.05) is 35.9 Å². The van der Waals surface area contributed by atoms with Crippen molar-refractivity contribution in [2.24, 2.45) is 0 Å². The van der Waals surface area contributed by atoms with Crippen LogP contribution in [0.2, 0.25) is 5.02 Å². The molecule has 2 aromatic carbocycles. The molecule has 1 aliphatic carbocycles. The van der Waals surface area contributed by atoms with Gasteiger partial charge in [-0.3, -0.25) is 0 Å². The van der Waals surface area contributed by atoms with Crippen LogP contribution in [0.5, 0.6) is 0 Å². The van der Waals surface area contributed by atoms with Gasteiger partial charge in [0.05, 0.1) is 0 Å². The van der Waals surface area contributed by atoms with Crippen molar-refractivity contribution in [2.75, 3.05) is 5.73 Å². The first-order valence-electron chi connectivity index (χ1n) is 5.91. The van der Waals surface area contributed by atoms with Crippen molar-refractivity contribution in [1.82, 2.24) is 0 Å². The Morgan fingerprint density at radius 3 is 2.59 bits per heavy atom. The van der Waals surface area contributed by atoms with Crippen molar-refractivity contribution >= 4 is 17.3 Å². The molecular formula is C15H14ClN. The lowest BCUT2D eigenvalue weighted by Gasteiger charge is -2.08. The molecule has 0 radical (unpaired) electrons. The molecule has 0 atom stereocenters. The highest BCUT2D eigenvalue weighted by atomic mass is 35.5. The minimum atomic E-state index is 0.687. The first kappa shape index (κ1) is 10.7. The Bertz CT molecular complexity index is 575. The molecule has 1 nitrogen and oxygen atoms in total. The van der Waals surface area contributed by atoms with Crippen molar-refractivity contribution in [3.63, 3.8) is 0 Å². The van der Waals surface area contributed by atoms with Crippen LogP contribution in [0, 0.1) is 0 Å². The third-order valence-electron chi connectivity index (χ3n) is 3.42. The van der Waals surface area contributed by atoms with Gasteiger partial charge < -0.3 is 5.73 Å². The van der Waals surface area contributed by atoms with Gasteiger partial charge in [0.2, 0.25) is 0 Å². The number of halogens is 1. The zero-order valence-corrected chi connectivity index (χ0v) is 10.3. The molecule has 86 valence electrons. The lowest BCUT2D eigenvalue weighted by atomic mass is 9.99. The van der Waals surface area contributed by atoms with Gasteiger partial charge in [-0.05, 0) is 48.1 Å². The van der Waals surface area contributed by atoms with Crippen LogP contribution in [-0.4, -0.2) is 0 Å². The number of benzene rings is 2. The fraction of sp³-hybridized carbons (Fsp3) is 0.200. The highest BCUT2D eigenvalue weighted by Gasteiger charge is 2.12. The largest absolute Gasteiger partial charge is 0.398 e. The molecule has 0 bridgehead atoms. The molecule has 0 heterocycles. The second-order valence-corrected chi connectivity index (χ2v) is 5.01. The quantitative estimate of drug-likeness (QED) is 0.751. The van der Waals surface area contributed by atoms with Crippen LogP contribution in [0.15, 0.2) is 36.4 Å². The Morgan fingerprint density at radius 2 is 1.76 bits per heavy atom. The second-order valence-electron chi connectivity index (χ2n) is 4.57. The first-order valence-corrected chi connectivity index (χ1v) is 6.29. The van der Waals surface area contributed by atoms with Crippen molar-refractivity contribution < 1.29 is 0 Å². The lowest BCUT2D eigenvalue weighted by molar-refractivity contribution is 0.912. The molecule has 0 unspecified atom stereocenters. The third kappa shape index (κ3) is 1.91. The number of anilines is 1. The van der Waals surface area contributed by atoms with Crippen LogP contribution in [0.25, 0.3) is 11.1 Å². The van der Waals surface area contributed by atoms with E-state index in [2.05, 4.69) is 18.2 Å². The van der Waals surface area contributed by atoms with E-state index in [1.54, 1.807) is 0 Å². The first-order chi connectivity index (χ1) is 8.24. The Hall–Kier alpha value is -1.47. The normalized spacial score (nSPS) is 13.7. The van der Waals surface area contributed by atoms with E-state index in [1.807, 2.05) is 18.2 Å². The van der Waals surface area contributed by atoms with Crippen LogP contribution in [0.3, 0.4) is 0 Å². The van der Waals surface area contributed by atoms with E-state index in [0.29, 0.717) is 5.02 Å². The summed E-state index contributed by atoms with van der Waals surface area (Å²) in [6.07, 6.45) is 3.68. The third-order valence-corrected chi connectivity index (χ3v) is 3.66. The fourth-order valence-electron chi connectivity index (χ4n) is 2.54. The van der Waals surface area contributed by atoms with Crippen LogP contribution in [-0.2, 0) is 12.8 Å². The average Bonchev–Trinajstić information content (AvgIpc) is 2.75. The topological polar surface area (TPSA) is 26.0 Å². The molecule has 0 saturated heterocycles. The SMILES string of the molecule is Nc1cc(Cl)ccc1-c1ccc2c(c1)CCC2. The number of fused-ring (bicyclic) bond motifs is 1. The summed E-state index contributed by atoms with van der Waals surface area (Å²) in [5.74, 6) is 0. The van der Waals surface area contributed by atoms with E-state index < -0.39 is 0 Å². The van der Waals surface area contributed by atoms with Crippen molar-refractivity contribution in [3.05, 3.63) is 52.5 Å². The van der Waals surface area contributed by atoms with Gasteiger partial charge in [0.1, 0.15) is 0 Å². The van der Waals surface area contributed by atoms with Crippen molar-refractivity contribution in [2.45, 2.75) is 19.3 Å². The molecule has 0 aromatic heterocycles. The van der Waals surface area contributed by atoms with Crippen LogP contribution in [0.4, 0.5) is 5.69 Å². The van der Waals surface area contributed by atoms with Gasteiger partial charge in [0, 0.05) is 16.3 Å². The van der Waals surface area contributed by atoms with E-state index in [1.165, 1.54) is 36.0 Å². The lowest BCUT2D eigenvalue weighted by Crippen LogP contribution is -1.91. The summed E-state index contributed by atoms with van der Waals surface area (Å²) in [6, 6.07) is 12.3. The van der Waals surface area contributed by atoms with Crippen LogP contribution < -0.4 is 5.73 Å². The molecule has 2 heteroatoms. The summed E-state index contributed by atoms with van der Waals surface area (Å²) >= 11 is 5.92. The summed E-state index contributed by atoms with van der Waals surface area (Å²) in [5, 5.41) is 0.687. The molecule has 2 N–H and O–H groups in total. The standard InChI is InChI=1S/C15H14ClN/c16-13-6-7-14(15(17)9-13)12-5-4-10-2-1-3-11(10)8-12/h4-9H,1-3,17H2. The van der Waals surface area contributed by atoms with Gasteiger partial charge in [-0.25, -0.2) is 0 Å². The average molecular weight is 244 g/mol. The number of nitrogens with two attached hydrogens (primary N) is 1. The number of nitrogen functional groups attached to an aromatic ring is 1. The van der Waals surface area contributed by atoms with E-state index in [9.17, 15) is 0 Å². The number of rotatable bonds is 1. The smallest absolute Gasteiger partial charge is 0.0426 e. The molecule has 0 amide bonds. The van der Waals surface area contributed by atoms with Gasteiger partial charge in [-0.2, -0.15) is 0 Å². The molecule has 0 spiro atoms. The molecule has 0 fully saturated rings. The zero-order valence-electron chi connectivity index (χ0n) is 9.54. The van der Waals surface area contributed by atoms with Gasteiger partial charge in [0.15, 0.2) is 0 Å². The van der Waals surface area contributed by atoms with Crippen molar-refractivity contribution in [3.8, 4) is 11.1 Å². The number of aryl methyl sites for hydroxylation is 2. The van der Waals surface area contributed by atoms with E-state index in [-0.39, 0.29) is 0 Å². The summed E-state index contributed by atoms with van der Waals surface area (Å²) in [6.45, 7) is 0. The summed E-state index contributed by atoms with van der Waals surface area (Å²) in [4.78, 5) is 0. The Morgan fingerprint density at radius 1 is 0.941 bits per heavy atom. The monoisotopic (exact) mass is 243 g/mol. The maximum Gasteiger partial charge on any atom is 0.0426 e. The van der Waals surface area contributed by atoms with Gasteiger partial charge in [0.25, 0.3) is 0 Å². The van der Waals surface area contributed by atoms with Gasteiger partial charge in [-0.15, -0.1) is 0 Å². The summed E-state index contributed by atoms with van der Waals surface area (Å²) in [5.41, 5.74) is 12.0. The maximum absolute atomic E-state index is 6.01. The van der Waals surface area contributed by atoms with Crippen molar-refractivity contribution in [1.29, 1.82) is 0 Å². The highest BCUT2D eigenvalue weighted by Crippen LogP contribution is 2.32. The Labute approximate surface area is 106 Å². The Balaban J connectivity index is 2.09. The Kier molecular flexibility index (Phi) is 2.56. The van der Waals surface area contributed by atoms with Gasteiger partial charge >= 0.3 is 0 Å². The van der Waals surface area contributed by atoms with Crippen LogP contribution >= 0.6 is 11.6 Å². The predicted octanol–water partition coefficient (Wildman–Crippen LogP) is 4.08. The number of hydrogen-bond acceptors (Lipinski definition) is 1. The van der Waals surface area contributed by atoms with Crippen LogP contribution in [0.1, 0.15) is 17.5 Å². The van der Waals surface area contributed by atoms with E-state index in [4.69, 9.17) is 17.3 Å². The number of hydrogen-bond donors (Lipinski definition) is 1. The summed E-state index contributed by atoms with van der Waals surface area (Å²) < 4.78 is 0. The molecule has 3 rings (SSSR count). The molecule has 2 aromatic rings.